The van der Waals surface area contributed by atoms with E-state index in [-0.39, 0.29) is 6.10 Å². The van der Waals surface area contributed by atoms with Crippen LogP contribution in [0.2, 0.25) is 0 Å². The monoisotopic (exact) mass is 437 g/mol. The molecule has 0 saturated carbocycles. The van der Waals surface area contributed by atoms with Gasteiger partial charge in [0.25, 0.3) is 0 Å². The van der Waals surface area contributed by atoms with Crippen LogP contribution in [-0.4, -0.2) is 92.5 Å². The summed E-state index contributed by atoms with van der Waals surface area (Å²) >= 11 is 1.88. The molecule has 0 bridgehead atoms. The number of ether oxygens (including phenoxy) is 1. The van der Waals surface area contributed by atoms with Gasteiger partial charge in [0.2, 0.25) is 0 Å². The first kappa shape index (κ1) is 23.5. The van der Waals surface area contributed by atoms with Gasteiger partial charge in [-0.25, -0.2) is 0 Å². The predicted octanol–water partition coefficient (Wildman–Crippen LogP) is 1.83. The molecule has 0 spiro atoms. The molecule has 3 heterocycles. The number of aliphatic hydroxyl groups excluding tert-OH is 1. The molecule has 1 aromatic heterocycles. The highest BCUT2D eigenvalue weighted by Crippen LogP contribution is 2.28. The molecular formula is C22H39N5O2S. The number of aliphatic imine (C=N–C) groups is 1. The van der Waals surface area contributed by atoms with Crippen LogP contribution in [0.1, 0.15) is 42.0 Å². The smallest absolute Gasteiger partial charge is 0.191 e. The van der Waals surface area contributed by atoms with E-state index in [1.54, 1.807) is 0 Å². The van der Waals surface area contributed by atoms with Crippen molar-refractivity contribution >= 4 is 17.3 Å². The quantitative estimate of drug-likeness (QED) is 0.311. The van der Waals surface area contributed by atoms with Gasteiger partial charge in [-0.3, -0.25) is 9.89 Å². The first-order valence-corrected chi connectivity index (χ1v) is 12.3. The Hall–Kier alpha value is -1.19. The van der Waals surface area contributed by atoms with Crippen molar-refractivity contribution in [3.05, 3.63) is 21.9 Å². The fraction of sp³-hybridized carbons (Fsp3) is 0.773. The number of likely N-dealkylation sites (tertiary alicyclic amines) is 1. The Morgan fingerprint density at radius 1 is 1.23 bits per heavy atom. The summed E-state index contributed by atoms with van der Waals surface area (Å²) in [6.45, 7) is 13.4. The fourth-order valence-electron chi connectivity index (χ4n) is 4.08. The number of nitrogens with one attached hydrogen (secondary N) is 2. The molecule has 3 N–H and O–H groups in total. The van der Waals surface area contributed by atoms with Gasteiger partial charge in [0.15, 0.2) is 5.96 Å². The van der Waals surface area contributed by atoms with Crippen molar-refractivity contribution in [2.75, 3.05) is 65.6 Å². The van der Waals surface area contributed by atoms with Crippen LogP contribution in [0.4, 0.5) is 0 Å². The molecule has 2 aliphatic heterocycles. The number of morpholine rings is 1. The molecule has 2 fully saturated rings. The zero-order valence-corrected chi connectivity index (χ0v) is 19.4. The van der Waals surface area contributed by atoms with E-state index in [1.807, 2.05) is 11.3 Å². The van der Waals surface area contributed by atoms with Crippen molar-refractivity contribution in [3.8, 4) is 0 Å². The minimum absolute atomic E-state index is 0.0987. The number of hydrogen-bond donors (Lipinski definition) is 3. The van der Waals surface area contributed by atoms with Crippen LogP contribution in [-0.2, 0) is 4.74 Å². The van der Waals surface area contributed by atoms with Gasteiger partial charge in [-0.15, -0.1) is 11.3 Å². The number of hydrogen-bond acceptors (Lipinski definition) is 6. The van der Waals surface area contributed by atoms with E-state index >= 15 is 0 Å². The third-order valence-electron chi connectivity index (χ3n) is 5.84. The number of thiophene rings is 1. The standard InChI is InChI=1S/C22H39N5O2S/c1-3-23-22(24-9-4-10-26-11-7-19(28)8-12-26)25-17-20(21-6-5-18(2)30-21)27-13-15-29-16-14-27/h5-6,19-20,28H,3-4,7-17H2,1-2H3,(H2,23,24,25). The van der Waals surface area contributed by atoms with Gasteiger partial charge in [-0.05, 0) is 51.8 Å². The molecule has 1 aromatic rings. The summed E-state index contributed by atoms with van der Waals surface area (Å²) in [5.41, 5.74) is 0. The van der Waals surface area contributed by atoms with Crippen LogP contribution >= 0.6 is 11.3 Å². The van der Waals surface area contributed by atoms with E-state index in [9.17, 15) is 5.11 Å². The van der Waals surface area contributed by atoms with Gasteiger partial charge >= 0.3 is 0 Å². The van der Waals surface area contributed by atoms with E-state index in [0.29, 0.717) is 6.04 Å². The molecule has 2 aliphatic rings. The first-order valence-electron chi connectivity index (χ1n) is 11.5. The Bertz CT molecular complexity index is 639. The second-order valence-corrected chi connectivity index (χ2v) is 9.50. The number of piperidine rings is 1. The maximum atomic E-state index is 9.64. The Labute approximate surface area is 185 Å². The van der Waals surface area contributed by atoms with Gasteiger partial charge in [-0.2, -0.15) is 0 Å². The first-order chi connectivity index (χ1) is 14.7. The lowest BCUT2D eigenvalue weighted by Crippen LogP contribution is -2.42. The molecule has 1 unspecified atom stereocenters. The lowest BCUT2D eigenvalue weighted by Gasteiger charge is -2.33. The predicted molar refractivity (Wildman–Crippen MR) is 124 cm³/mol. The molecule has 3 rings (SSSR count). The molecule has 8 heteroatoms. The van der Waals surface area contributed by atoms with Crippen molar-refractivity contribution in [2.24, 2.45) is 4.99 Å². The molecule has 170 valence electrons. The molecule has 2 saturated heterocycles. The van der Waals surface area contributed by atoms with Crippen molar-refractivity contribution in [3.63, 3.8) is 0 Å². The van der Waals surface area contributed by atoms with E-state index in [2.05, 4.69) is 46.4 Å². The van der Waals surface area contributed by atoms with Crippen LogP contribution < -0.4 is 10.6 Å². The number of rotatable bonds is 9. The van der Waals surface area contributed by atoms with Gasteiger partial charge in [0.1, 0.15) is 0 Å². The van der Waals surface area contributed by atoms with Gasteiger partial charge < -0.3 is 25.4 Å². The van der Waals surface area contributed by atoms with E-state index in [4.69, 9.17) is 9.73 Å². The van der Waals surface area contributed by atoms with Crippen LogP contribution in [0.25, 0.3) is 0 Å². The summed E-state index contributed by atoms with van der Waals surface area (Å²) in [5, 5.41) is 16.5. The largest absolute Gasteiger partial charge is 0.393 e. The number of aryl methyl sites for hydroxylation is 1. The third kappa shape index (κ3) is 7.50. The average Bonchev–Trinajstić information content (AvgIpc) is 3.19. The lowest BCUT2D eigenvalue weighted by molar-refractivity contribution is 0.0186. The van der Waals surface area contributed by atoms with Gasteiger partial charge in [-0.1, -0.05) is 0 Å². The van der Waals surface area contributed by atoms with Gasteiger partial charge in [0, 0.05) is 49.0 Å². The summed E-state index contributed by atoms with van der Waals surface area (Å²) in [6.07, 6.45) is 2.79. The maximum absolute atomic E-state index is 9.64. The van der Waals surface area contributed by atoms with Crippen molar-refractivity contribution < 1.29 is 9.84 Å². The second-order valence-electron chi connectivity index (χ2n) is 8.19. The van der Waals surface area contributed by atoms with Crippen LogP contribution in [0.15, 0.2) is 17.1 Å². The van der Waals surface area contributed by atoms with E-state index in [1.165, 1.54) is 9.75 Å². The Morgan fingerprint density at radius 3 is 2.67 bits per heavy atom. The molecule has 0 radical (unpaired) electrons. The molecule has 1 atom stereocenters. The number of guanidine groups is 1. The second kappa shape index (κ2) is 12.6. The van der Waals surface area contributed by atoms with Crippen LogP contribution in [0, 0.1) is 6.92 Å². The van der Waals surface area contributed by atoms with Crippen molar-refractivity contribution in [1.29, 1.82) is 0 Å². The molecule has 0 aliphatic carbocycles. The van der Waals surface area contributed by atoms with Crippen LogP contribution in [0.5, 0.6) is 0 Å². The molecular weight excluding hydrogens is 398 g/mol. The molecule has 0 aromatic carbocycles. The van der Waals surface area contributed by atoms with Crippen LogP contribution in [0.3, 0.4) is 0 Å². The number of nitrogens with zero attached hydrogens (tertiary/aromatic N) is 3. The molecule has 0 amide bonds. The number of aliphatic hydroxyl groups is 1. The summed E-state index contributed by atoms with van der Waals surface area (Å²) in [6, 6.07) is 4.77. The summed E-state index contributed by atoms with van der Waals surface area (Å²) in [4.78, 5) is 12.6. The zero-order valence-electron chi connectivity index (χ0n) is 18.6. The SMILES string of the molecule is CCNC(=NCC(c1ccc(C)s1)N1CCOCC1)NCCCN1CCC(O)CC1. The normalized spacial score (nSPS) is 21.0. The lowest BCUT2D eigenvalue weighted by atomic mass is 10.1. The third-order valence-corrected chi connectivity index (χ3v) is 6.95. The average molecular weight is 438 g/mol. The van der Waals surface area contributed by atoms with Crippen molar-refractivity contribution in [2.45, 2.75) is 45.3 Å². The van der Waals surface area contributed by atoms with E-state index < -0.39 is 0 Å². The highest BCUT2D eigenvalue weighted by Gasteiger charge is 2.24. The Balaban J connectivity index is 1.51. The maximum Gasteiger partial charge on any atom is 0.191 e. The highest BCUT2D eigenvalue weighted by atomic mass is 32.1. The zero-order chi connectivity index (χ0) is 21.2. The summed E-state index contributed by atoms with van der Waals surface area (Å²) in [5.74, 6) is 0.901. The van der Waals surface area contributed by atoms with Crippen molar-refractivity contribution in [1.82, 2.24) is 20.4 Å². The molecule has 30 heavy (non-hydrogen) atoms. The summed E-state index contributed by atoms with van der Waals surface area (Å²) < 4.78 is 5.56. The Kier molecular flexibility index (Phi) is 9.87. The fourth-order valence-corrected chi connectivity index (χ4v) is 5.08. The van der Waals surface area contributed by atoms with Gasteiger partial charge in [0.05, 0.1) is 31.9 Å². The highest BCUT2D eigenvalue weighted by molar-refractivity contribution is 7.12. The Morgan fingerprint density at radius 2 is 2.00 bits per heavy atom. The minimum atomic E-state index is -0.0987. The minimum Gasteiger partial charge on any atom is -0.393 e. The van der Waals surface area contributed by atoms with E-state index in [0.717, 1.165) is 90.8 Å². The molecule has 7 nitrogen and oxygen atoms in total. The summed E-state index contributed by atoms with van der Waals surface area (Å²) in [7, 11) is 0. The topological polar surface area (TPSA) is 72.4 Å².